The van der Waals surface area contributed by atoms with Gasteiger partial charge in [-0.2, -0.15) is 0 Å². The van der Waals surface area contributed by atoms with Crippen molar-refractivity contribution in [2.24, 2.45) is 5.92 Å². The van der Waals surface area contributed by atoms with Gasteiger partial charge in [0, 0.05) is 19.3 Å². The fraction of sp³-hybridized carbons (Fsp3) is 1.00. The first-order valence-corrected chi connectivity index (χ1v) is 6.10. The molecule has 1 saturated heterocycles. The smallest absolute Gasteiger partial charge is 0.0961 e. The Morgan fingerprint density at radius 2 is 2.27 bits per heavy atom. The second-order valence-electron chi connectivity index (χ2n) is 4.70. The Morgan fingerprint density at radius 1 is 1.47 bits per heavy atom. The summed E-state index contributed by atoms with van der Waals surface area (Å²) >= 11 is 0. The van der Waals surface area contributed by atoms with Crippen molar-refractivity contribution in [1.82, 2.24) is 5.32 Å². The molecule has 1 aliphatic heterocycles. The molecule has 3 nitrogen and oxygen atoms in total. The zero-order valence-corrected chi connectivity index (χ0v) is 10.3. The van der Waals surface area contributed by atoms with Crippen LogP contribution in [0.2, 0.25) is 0 Å². The minimum absolute atomic E-state index is 0.246. The maximum absolute atomic E-state index is 5.85. The van der Waals surface area contributed by atoms with Crippen molar-refractivity contribution >= 4 is 0 Å². The van der Waals surface area contributed by atoms with E-state index in [0.717, 1.165) is 38.6 Å². The lowest BCUT2D eigenvalue weighted by atomic mass is 10.1. The van der Waals surface area contributed by atoms with Crippen LogP contribution in [0.5, 0.6) is 0 Å². The van der Waals surface area contributed by atoms with Crippen LogP contribution in [0.15, 0.2) is 0 Å². The lowest BCUT2D eigenvalue weighted by molar-refractivity contribution is -0.0684. The zero-order chi connectivity index (χ0) is 11.1. The summed E-state index contributed by atoms with van der Waals surface area (Å²) in [6.07, 6.45) is 3.71. The van der Waals surface area contributed by atoms with E-state index in [9.17, 15) is 0 Å². The van der Waals surface area contributed by atoms with Gasteiger partial charge >= 0.3 is 0 Å². The van der Waals surface area contributed by atoms with Gasteiger partial charge in [-0.15, -0.1) is 0 Å². The van der Waals surface area contributed by atoms with Crippen LogP contribution in [0, 0.1) is 5.92 Å². The van der Waals surface area contributed by atoms with Gasteiger partial charge in [-0.25, -0.2) is 0 Å². The second-order valence-corrected chi connectivity index (χ2v) is 4.70. The largest absolute Gasteiger partial charge is 0.379 e. The summed E-state index contributed by atoms with van der Waals surface area (Å²) in [4.78, 5) is 0. The van der Waals surface area contributed by atoms with Gasteiger partial charge in [0.05, 0.1) is 12.7 Å². The van der Waals surface area contributed by atoms with Gasteiger partial charge in [0.15, 0.2) is 0 Å². The van der Waals surface area contributed by atoms with Crippen molar-refractivity contribution in [2.75, 3.05) is 26.9 Å². The van der Waals surface area contributed by atoms with Crippen LogP contribution in [0.3, 0.4) is 0 Å². The molecule has 1 heterocycles. The number of ether oxygens (including phenoxy) is 2. The zero-order valence-electron chi connectivity index (χ0n) is 10.3. The van der Waals surface area contributed by atoms with Gasteiger partial charge in [0.1, 0.15) is 0 Å². The molecule has 15 heavy (non-hydrogen) atoms. The molecule has 0 radical (unpaired) electrons. The van der Waals surface area contributed by atoms with Crippen LogP contribution in [0.1, 0.15) is 33.1 Å². The Morgan fingerprint density at radius 3 is 2.93 bits per heavy atom. The maximum Gasteiger partial charge on any atom is 0.0961 e. The van der Waals surface area contributed by atoms with Crippen molar-refractivity contribution in [3.8, 4) is 0 Å². The van der Waals surface area contributed by atoms with E-state index in [-0.39, 0.29) is 6.10 Å². The van der Waals surface area contributed by atoms with Crippen LogP contribution in [-0.2, 0) is 9.47 Å². The van der Waals surface area contributed by atoms with Crippen LogP contribution < -0.4 is 5.32 Å². The fourth-order valence-corrected chi connectivity index (χ4v) is 1.93. The molecule has 2 unspecified atom stereocenters. The number of hydrogen-bond donors (Lipinski definition) is 1. The molecule has 1 rings (SSSR count). The third-order valence-corrected chi connectivity index (χ3v) is 2.93. The van der Waals surface area contributed by atoms with Crippen LogP contribution in [0.4, 0.5) is 0 Å². The molecule has 0 saturated carbocycles. The molecule has 1 aliphatic rings. The topological polar surface area (TPSA) is 30.5 Å². The van der Waals surface area contributed by atoms with E-state index in [0.29, 0.717) is 6.04 Å². The minimum atomic E-state index is 0.246. The standard InChI is InChI=1S/C12H25NO2/c1-10(2)5-4-7-15-12-9-14-8-6-11(12)13-3/h10-13H,4-9H2,1-3H3. The molecule has 0 amide bonds. The summed E-state index contributed by atoms with van der Waals surface area (Å²) in [7, 11) is 2.00. The Labute approximate surface area is 93.5 Å². The van der Waals surface area contributed by atoms with Crippen LogP contribution in [-0.4, -0.2) is 39.0 Å². The van der Waals surface area contributed by atoms with E-state index < -0.39 is 0 Å². The predicted octanol–water partition coefficient (Wildman–Crippen LogP) is 1.82. The lowest BCUT2D eigenvalue weighted by Gasteiger charge is -2.31. The Kier molecular flexibility index (Phi) is 6.22. The highest BCUT2D eigenvalue weighted by molar-refractivity contribution is 4.79. The first kappa shape index (κ1) is 12.9. The van der Waals surface area contributed by atoms with Crippen molar-refractivity contribution in [3.05, 3.63) is 0 Å². The third kappa shape index (κ3) is 4.96. The van der Waals surface area contributed by atoms with E-state index >= 15 is 0 Å². The summed E-state index contributed by atoms with van der Waals surface area (Å²) in [5, 5.41) is 3.30. The van der Waals surface area contributed by atoms with E-state index in [2.05, 4.69) is 19.2 Å². The summed E-state index contributed by atoms with van der Waals surface area (Å²) in [6.45, 7) is 6.97. The molecule has 0 aromatic carbocycles. The van der Waals surface area contributed by atoms with Gasteiger partial charge in [-0.3, -0.25) is 0 Å². The molecule has 0 spiro atoms. The van der Waals surface area contributed by atoms with Crippen molar-refractivity contribution in [2.45, 2.75) is 45.3 Å². The Balaban J connectivity index is 2.12. The average Bonchev–Trinajstić information content (AvgIpc) is 2.24. The van der Waals surface area contributed by atoms with E-state index in [1.54, 1.807) is 0 Å². The molecular formula is C12H25NO2. The molecule has 2 atom stereocenters. The molecule has 90 valence electrons. The van der Waals surface area contributed by atoms with Gasteiger partial charge in [0.25, 0.3) is 0 Å². The average molecular weight is 215 g/mol. The summed E-state index contributed by atoms with van der Waals surface area (Å²) < 4.78 is 11.3. The summed E-state index contributed by atoms with van der Waals surface area (Å²) in [5.74, 6) is 0.774. The summed E-state index contributed by atoms with van der Waals surface area (Å²) in [5.41, 5.74) is 0. The van der Waals surface area contributed by atoms with Gasteiger partial charge in [-0.05, 0) is 32.2 Å². The molecule has 1 fully saturated rings. The number of nitrogens with one attached hydrogen (secondary N) is 1. The Hall–Kier alpha value is -0.120. The van der Waals surface area contributed by atoms with Crippen LogP contribution in [0.25, 0.3) is 0 Å². The first-order chi connectivity index (χ1) is 7.24. The highest BCUT2D eigenvalue weighted by Crippen LogP contribution is 2.12. The first-order valence-electron chi connectivity index (χ1n) is 6.10. The van der Waals surface area contributed by atoms with Gasteiger partial charge in [0.2, 0.25) is 0 Å². The molecule has 0 aliphatic carbocycles. The second kappa shape index (κ2) is 7.20. The molecule has 3 heteroatoms. The molecular weight excluding hydrogens is 190 g/mol. The van der Waals surface area contributed by atoms with Gasteiger partial charge in [-0.1, -0.05) is 13.8 Å². The normalized spacial score (nSPS) is 27.2. The fourth-order valence-electron chi connectivity index (χ4n) is 1.93. The lowest BCUT2D eigenvalue weighted by Crippen LogP contribution is -2.46. The van der Waals surface area contributed by atoms with Crippen molar-refractivity contribution in [1.29, 1.82) is 0 Å². The molecule has 0 aromatic heterocycles. The molecule has 0 bridgehead atoms. The summed E-state index contributed by atoms with van der Waals surface area (Å²) in [6, 6.07) is 0.470. The minimum Gasteiger partial charge on any atom is -0.379 e. The maximum atomic E-state index is 5.85. The SMILES string of the molecule is CNC1CCOCC1OCCCC(C)C. The number of rotatable bonds is 6. The number of hydrogen-bond acceptors (Lipinski definition) is 3. The highest BCUT2D eigenvalue weighted by atomic mass is 16.5. The van der Waals surface area contributed by atoms with E-state index in [4.69, 9.17) is 9.47 Å². The number of likely N-dealkylation sites (N-methyl/N-ethyl adjacent to an activating group) is 1. The third-order valence-electron chi connectivity index (χ3n) is 2.93. The monoisotopic (exact) mass is 215 g/mol. The Bertz CT molecular complexity index is 162. The van der Waals surface area contributed by atoms with Crippen LogP contribution >= 0.6 is 0 Å². The molecule has 1 N–H and O–H groups in total. The highest BCUT2D eigenvalue weighted by Gasteiger charge is 2.24. The van der Waals surface area contributed by atoms with E-state index in [1.807, 2.05) is 7.05 Å². The quantitative estimate of drug-likeness (QED) is 0.686. The van der Waals surface area contributed by atoms with Gasteiger partial charge < -0.3 is 14.8 Å². The predicted molar refractivity (Wildman–Crippen MR) is 62.1 cm³/mol. The van der Waals surface area contributed by atoms with Crippen molar-refractivity contribution in [3.63, 3.8) is 0 Å². The van der Waals surface area contributed by atoms with E-state index in [1.165, 1.54) is 6.42 Å². The van der Waals surface area contributed by atoms with Crippen molar-refractivity contribution < 1.29 is 9.47 Å². The molecule has 0 aromatic rings.